The lowest BCUT2D eigenvalue weighted by molar-refractivity contribution is -0.350. The van der Waals surface area contributed by atoms with Crippen LogP contribution in [-0.2, 0) is 62.0 Å². The minimum Gasteiger partial charge on any atom is -0.508 e. The molecule has 25 atom stereocenters. The Morgan fingerprint density at radius 3 is 1.92 bits per heavy atom. The van der Waals surface area contributed by atoms with Crippen molar-refractivity contribution in [3.63, 3.8) is 0 Å². The van der Waals surface area contributed by atoms with Gasteiger partial charge in [-0.3, -0.25) is 33.6 Å². The van der Waals surface area contributed by atoms with Crippen LogP contribution in [0.4, 0.5) is 0 Å². The fourth-order valence-electron chi connectivity index (χ4n) is 15.8. The first-order chi connectivity index (χ1) is 57.4. The van der Waals surface area contributed by atoms with E-state index in [1.807, 2.05) is 44.2 Å². The number of carboxylic acid groups (broad SMARTS) is 1. The van der Waals surface area contributed by atoms with Crippen LogP contribution < -0.4 is 68.2 Å². The highest BCUT2D eigenvalue weighted by atomic mass is 35.5. The Kier molecular flexibility index (Phi) is 26.7. The van der Waals surface area contributed by atoms with Crippen LogP contribution in [0.1, 0.15) is 123 Å². The van der Waals surface area contributed by atoms with Crippen LogP contribution in [0.5, 0.6) is 46.0 Å². The highest BCUT2D eigenvalue weighted by molar-refractivity contribution is 6.32. The van der Waals surface area contributed by atoms with Crippen LogP contribution >= 0.6 is 23.2 Å². The summed E-state index contributed by atoms with van der Waals surface area (Å²) in [4.78, 5) is 120. The smallest absolute Gasteiger partial charge is 0.330 e. The number of aliphatic carboxylic acids is 1. The number of nitrogens with one attached hydrogen (secondary N) is 8. The van der Waals surface area contributed by atoms with Crippen molar-refractivity contribution in [1.29, 1.82) is 0 Å². The second-order valence-corrected chi connectivity index (χ2v) is 32.4. The molecular formula is C81H94Cl2N10O28. The fraction of sp³-hybridized carbons (Fsp3) is 0.457. The molecule has 1 unspecified atom stereocenters. The molecule has 11 bridgehead atoms. The Morgan fingerprint density at radius 1 is 0.653 bits per heavy atom. The Bertz CT molecular complexity index is 4920. The van der Waals surface area contributed by atoms with Crippen molar-refractivity contribution < 1.29 is 138 Å². The number of aromatic hydroxyl groups is 3. The van der Waals surface area contributed by atoms with E-state index in [0.717, 1.165) is 78.7 Å². The Hall–Kier alpha value is -10.2. The second kappa shape index (κ2) is 36.5. The molecule has 1 saturated carbocycles. The highest BCUT2D eigenvalue weighted by Gasteiger charge is 2.54. The van der Waals surface area contributed by atoms with Gasteiger partial charge in [-0.2, -0.15) is 0 Å². The molecule has 121 heavy (non-hydrogen) atoms. The van der Waals surface area contributed by atoms with Gasteiger partial charge in [0.25, 0.3) is 0 Å². The van der Waals surface area contributed by atoms with E-state index in [1.54, 1.807) is 0 Å². The third-order valence-corrected chi connectivity index (χ3v) is 22.9. The normalized spacial score (nSPS) is 32.0. The molecule has 0 aromatic heterocycles. The first kappa shape index (κ1) is 88.6. The third kappa shape index (κ3) is 19.1. The summed E-state index contributed by atoms with van der Waals surface area (Å²) in [6.45, 7) is 5.37. The lowest BCUT2D eigenvalue weighted by Gasteiger charge is -2.46. The minimum atomic E-state index is -2.41. The van der Waals surface area contributed by atoms with Crippen molar-refractivity contribution >= 4 is 70.5 Å². The van der Waals surface area contributed by atoms with Crippen LogP contribution in [0.2, 0.25) is 10.0 Å². The standard InChI is InChI=1S/C81H94Cl2N10O28/c1-30(2)17-44(86-5)72(106)92-60-62(99)34-12-15-48(41(82)19-34)115-50-21-36-22-51(69(50)120-80-67(104)65(102)70(53(29-94)118-80)121-79-66(103)64(101)63(100)52(117-79)28-87-43-25-38(43)32-9-7-6-8-10-32)116-49-16-13-35(20-42(49)83)68(119-55-27-81(4,85)71(105)31(3)114-55)61-77(111)91-59(78(112)113)40-23-37(95)24-47(97)56(40)39-18-33(11-14-46(39)96)57(74(108)93-61)90-75(109)58(36)89-73(107)45(26-54(84)98)88-76(60)110/h6-16,18-24,30-31,38,43-45,52-53,55,57-68,70-71,79-80,86-87,94-97,99-105H,17,25-29,85H2,1-5H3,(H2,84,98)(H,88,110)(H,89,107)(H,90,109)(H,91,111)(H,92,106)(H,93,108)(H,112,113)/t31-,38-,43+,44+,45-,52+,53+,55?,57+,58+,59+,60+,61-,62+,63-,64-,65+,66+,67+,68+,70+,71-,79-,80-,81-/m0/s1. The number of aliphatic hydroxyl groups excluding tert-OH is 8. The zero-order valence-corrected chi connectivity index (χ0v) is 66.9. The van der Waals surface area contributed by atoms with Crippen molar-refractivity contribution in [3.8, 4) is 57.1 Å². The first-order valence-corrected chi connectivity index (χ1v) is 39.6. The van der Waals surface area contributed by atoms with E-state index in [2.05, 4.69) is 42.5 Å². The van der Waals surface area contributed by atoms with E-state index < -0.39 is 279 Å². The molecule has 8 aliphatic heterocycles. The molecule has 9 aliphatic rings. The van der Waals surface area contributed by atoms with E-state index in [1.165, 1.54) is 33.0 Å². The van der Waals surface area contributed by atoms with Gasteiger partial charge >= 0.3 is 5.97 Å². The van der Waals surface area contributed by atoms with E-state index in [0.29, 0.717) is 0 Å². The van der Waals surface area contributed by atoms with Crippen molar-refractivity contribution in [2.24, 2.45) is 17.4 Å². The number of hydrogen-bond acceptors (Lipinski definition) is 30. The number of phenolic OH excluding ortho intramolecular Hbond substituents is 3. The number of carbonyl (C=O) groups excluding carboxylic acids is 7. The number of hydrogen-bond donors (Lipinski definition) is 22. The average Bonchev–Trinajstić information content (AvgIpc) is 1.53. The molecule has 3 saturated heterocycles. The van der Waals surface area contributed by atoms with Crippen molar-refractivity contribution in [3.05, 3.63) is 153 Å². The molecule has 0 spiro atoms. The van der Waals surface area contributed by atoms with Crippen molar-refractivity contribution in [2.45, 2.75) is 205 Å². The molecule has 6 aromatic carbocycles. The number of nitrogens with two attached hydrogens (primary N) is 2. The fourth-order valence-corrected chi connectivity index (χ4v) is 16.2. The lowest BCUT2D eigenvalue weighted by atomic mass is 9.86. The molecule has 24 N–H and O–H groups in total. The molecule has 0 radical (unpaired) electrons. The number of ether oxygens (including phenoxy) is 8. The number of primary amides is 1. The SMILES string of the molecule is CN[C@H](CC(C)C)C(=O)N[C@H]1C(=O)N[C@@H](CC(N)=O)C(=O)N[C@H]2C(=O)N[C@H]3C(=O)N[C@H](C(=O)N[C@@H](C(=O)O)c4cc(O)cc(O)c4-c4cc3ccc4O)[C@H](OC3C[C@](C)(N)[C@@H](O)[C@H](C)O3)c3ccc(c(Cl)c3)Oc3cc2cc(c3O[C@@H]2O[C@H](CO)[C@@H](O[C@@H]3O[C@H](CN[C@@H]4C[C@H]4c4ccccc4)[C@H](O)[C@H](O)[C@H]3O)[C@H](O)[C@H]2O)Oc2ccc(cc2Cl)[C@H]1O. The van der Waals surface area contributed by atoms with Gasteiger partial charge in [0.15, 0.2) is 30.1 Å². The molecule has 40 heteroatoms. The number of phenols is 3. The van der Waals surface area contributed by atoms with Gasteiger partial charge in [-0.05, 0) is 122 Å². The van der Waals surface area contributed by atoms with E-state index in [9.17, 15) is 75.7 Å². The van der Waals surface area contributed by atoms with Gasteiger partial charge in [-0.15, -0.1) is 0 Å². The molecule has 7 amide bonds. The summed E-state index contributed by atoms with van der Waals surface area (Å²) < 4.78 is 51.2. The molecule has 15 rings (SSSR count). The number of amides is 7. The maximum atomic E-state index is 16.4. The number of halogens is 2. The van der Waals surface area contributed by atoms with Gasteiger partial charge in [-0.1, -0.05) is 85.6 Å². The number of fused-ring (bicyclic) bond motifs is 15. The van der Waals surface area contributed by atoms with E-state index >= 15 is 24.0 Å². The largest absolute Gasteiger partial charge is 0.508 e. The Labute approximate surface area is 700 Å². The number of rotatable bonds is 19. The summed E-state index contributed by atoms with van der Waals surface area (Å²) >= 11 is 14.5. The summed E-state index contributed by atoms with van der Waals surface area (Å²) in [6.07, 6.45) is -28.0. The third-order valence-electron chi connectivity index (χ3n) is 22.3. The molecule has 1 aliphatic carbocycles. The molecule has 650 valence electrons. The summed E-state index contributed by atoms with van der Waals surface area (Å²) in [5.74, 6) is -16.4. The van der Waals surface area contributed by atoms with Crippen LogP contribution in [-0.4, -0.2) is 244 Å². The lowest BCUT2D eigenvalue weighted by Crippen LogP contribution is -2.65. The van der Waals surface area contributed by atoms with Crippen LogP contribution in [0.25, 0.3) is 11.1 Å². The van der Waals surface area contributed by atoms with Crippen molar-refractivity contribution in [2.75, 3.05) is 20.2 Å². The molecular weight excluding hydrogens is 1630 g/mol. The zero-order chi connectivity index (χ0) is 87.2. The number of carbonyl (C=O) groups is 8. The zero-order valence-electron chi connectivity index (χ0n) is 65.4. The van der Waals surface area contributed by atoms with Gasteiger partial charge in [-0.25, -0.2) is 4.79 Å². The Balaban J connectivity index is 0.986. The number of benzene rings is 6. The Morgan fingerprint density at radius 2 is 1.28 bits per heavy atom. The van der Waals surface area contributed by atoms with Crippen LogP contribution in [0, 0.1) is 5.92 Å². The maximum absolute atomic E-state index is 16.4. The molecule has 6 aromatic rings. The predicted octanol–water partition coefficient (Wildman–Crippen LogP) is 0.0838. The van der Waals surface area contributed by atoms with Gasteiger partial charge in [0, 0.05) is 53.2 Å². The van der Waals surface area contributed by atoms with Gasteiger partial charge in [0.1, 0.15) is 120 Å². The number of likely N-dealkylation sites (N-methyl/N-ethyl adjacent to an activating group) is 1. The quantitative estimate of drug-likeness (QED) is 0.0511. The second-order valence-electron chi connectivity index (χ2n) is 31.6. The van der Waals surface area contributed by atoms with E-state index in [4.69, 9.17) is 72.6 Å². The van der Waals surface area contributed by atoms with Crippen molar-refractivity contribution in [1.82, 2.24) is 42.5 Å². The predicted molar refractivity (Wildman–Crippen MR) is 420 cm³/mol. The van der Waals surface area contributed by atoms with Gasteiger partial charge in [0.05, 0.1) is 41.3 Å². The van der Waals surface area contributed by atoms with Gasteiger partial charge < -0.3 is 153 Å². The summed E-state index contributed by atoms with van der Waals surface area (Å²) in [5, 5.41) is 159. The topological polar surface area (TPSA) is 601 Å². The highest BCUT2D eigenvalue weighted by Crippen LogP contribution is 2.51. The van der Waals surface area contributed by atoms with E-state index in [-0.39, 0.29) is 54.0 Å². The molecule has 38 nitrogen and oxygen atoms in total. The minimum absolute atomic E-state index is 0.0653. The summed E-state index contributed by atoms with van der Waals surface area (Å²) in [6, 6.07) is 8.62. The maximum Gasteiger partial charge on any atom is 0.330 e. The van der Waals surface area contributed by atoms with Crippen LogP contribution in [0.3, 0.4) is 0 Å². The number of carboxylic acids is 1. The van der Waals surface area contributed by atoms with Gasteiger partial charge in [0.2, 0.25) is 53.4 Å². The first-order valence-electron chi connectivity index (χ1n) is 38.8. The average molecular weight is 1730 g/mol. The summed E-state index contributed by atoms with van der Waals surface area (Å²) in [5.41, 5.74) is 9.09. The molecule has 4 fully saturated rings. The molecule has 8 heterocycles. The number of aliphatic hydroxyl groups is 8. The summed E-state index contributed by atoms with van der Waals surface area (Å²) in [7, 11) is 1.46. The monoisotopic (exact) mass is 1720 g/mol. The van der Waals surface area contributed by atoms with Crippen LogP contribution in [0.15, 0.2) is 109 Å².